The van der Waals surface area contributed by atoms with Crippen LogP contribution in [-0.2, 0) is 0 Å². The van der Waals surface area contributed by atoms with Crippen LogP contribution in [0.2, 0.25) is 0 Å². The lowest BCUT2D eigenvalue weighted by molar-refractivity contribution is 0.157. The largest absolute Gasteiger partial charge is 0.457 e. The Morgan fingerprint density at radius 1 is 0.929 bits per heavy atom. The van der Waals surface area contributed by atoms with Gasteiger partial charge in [0.25, 0.3) is 0 Å². The first-order valence-electron chi connectivity index (χ1n) is 14.2. The topological polar surface area (TPSA) is 73.7 Å². The second kappa shape index (κ2) is 10.6. The van der Waals surface area contributed by atoms with Gasteiger partial charge in [0.2, 0.25) is 0 Å². The molecule has 1 atom stereocenters. The molecule has 42 heavy (non-hydrogen) atoms. The van der Waals surface area contributed by atoms with E-state index in [4.69, 9.17) is 4.74 Å². The number of fused-ring (bicyclic) bond motifs is 4. The SMILES string of the molecule is N#Cc1c(-c2c[nH]c3c(F)cc(F)cc23)nc(NC2CC3CCC2CC3)c(F)c1-c1ccc(Oc2ccccc2)cc1. The Labute approximate surface area is 241 Å². The molecule has 0 amide bonds. The number of anilines is 1. The number of aromatic nitrogens is 2. The first-order valence-corrected chi connectivity index (χ1v) is 14.2. The fraction of sp³-hybridized carbons (Fsp3) is 0.235. The van der Waals surface area contributed by atoms with Crippen LogP contribution in [-0.4, -0.2) is 16.0 Å². The summed E-state index contributed by atoms with van der Waals surface area (Å²) >= 11 is 0. The number of halogens is 3. The van der Waals surface area contributed by atoms with E-state index in [1.807, 2.05) is 30.3 Å². The molecule has 3 aliphatic carbocycles. The lowest BCUT2D eigenvalue weighted by atomic mass is 9.68. The lowest BCUT2D eigenvalue weighted by Crippen LogP contribution is -2.40. The molecular formula is C34H27F3N4O. The molecule has 0 saturated heterocycles. The normalized spacial score (nSPS) is 19.5. The van der Waals surface area contributed by atoms with Gasteiger partial charge in [-0.15, -0.1) is 0 Å². The summed E-state index contributed by atoms with van der Waals surface area (Å²) < 4.78 is 51.3. The summed E-state index contributed by atoms with van der Waals surface area (Å²) in [4.78, 5) is 7.47. The molecule has 3 fully saturated rings. The van der Waals surface area contributed by atoms with Crippen molar-refractivity contribution in [3.8, 4) is 40.0 Å². The van der Waals surface area contributed by atoms with E-state index < -0.39 is 17.5 Å². The number of hydrogen-bond acceptors (Lipinski definition) is 4. The minimum Gasteiger partial charge on any atom is -0.457 e. The zero-order valence-corrected chi connectivity index (χ0v) is 22.6. The van der Waals surface area contributed by atoms with Crippen molar-refractivity contribution in [2.45, 2.75) is 38.1 Å². The van der Waals surface area contributed by atoms with E-state index in [1.54, 1.807) is 24.3 Å². The Balaban J connectivity index is 1.37. The van der Waals surface area contributed by atoms with Gasteiger partial charge in [0.15, 0.2) is 11.6 Å². The lowest BCUT2D eigenvalue weighted by Gasteiger charge is -2.43. The molecule has 5 aromatic rings. The average Bonchev–Trinajstić information content (AvgIpc) is 3.43. The van der Waals surface area contributed by atoms with Crippen LogP contribution in [0.25, 0.3) is 33.3 Å². The molecule has 2 bridgehead atoms. The molecule has 210 valence electrons. The highest BCUT2D eigenvalue weighted by Gasteiger charge is 2.36. The van der Waals surface area contributed by atoms with E-state index in [9.17, 15) is 14.0 Å². The summed E-state index contributed by atoms with van der Waals surface area (Å²) in [6.45, 7) is 0. The molecule has 3 saturated carbocycles. The molecule has 8 heteroatoms. The maximum Gasteiger partial charge on any atom is 0.174 e. The Hall–Kier alpha value is -4.77. The van der Waals surface area contributed by atoms with Gasteiger partial charge in [-0.25, -0.2) is 18.2 Å². The maximum absolute atomic E-state index is 16.5. The average molecular weight is 565 g/mol. The smallest absolute Gasteiger partial charge is 0.174 e. The van der Waals surface area contributed by atoms with Crippen LogP contribution in [0.4, 0.5) is 19.0 Å². The molecule has 2 N–H and O–H groups in total. The first-order chi connectivity index (χ1) is 20.5. The van der Waals surface area contributed by atoms with Crippen molar-refractivity contribution < 1.29 is 17.9 Å². The molecule has 0 spiro atoms. The number of nitrogens with one attached hydrogen (secondary N) is 2. The standard InChI is InChI=1S/C34H27F3N4O/c35-22-15-25-27(18-39-33(25)28(36)16-22)32-26(17-38)30(21-10-12-24(13-11-21)42-23-4-2-1-3-5-23)31(37)34(41-32)40-29-14-19-6-8-20(29)9-7-19/h1-5,10-13,15-16,18-20,29,39H,6-9,14H2,(H,40,41). The minimum absolute atomic E-state index is 0.0227. The van der Waals surface area contributed by atoms with E-state index in [1.165, 1.54) is 25.1 Å². The number of benzene rings is 3. The summed E-state index contributed by atoms with van der Waals surface area (Å²) in [6.07, 6.45) is 6.97. The summed E-state index contributed by atoms with van der Waals surface area (Å²) in [7, 11) is 0. The fourth-order valence-corrected chi connectivity index (χ4v) is 6.63. The molecule has 1 unspecified atom stereocenters. The molecule has 0 aliphatic heterocycles. The van der Waals surface area contributed by atoms with Gasteiger partial charge in [-0.2, -0.15) is 5.26 Å². The van der Waals surface area contributed by atoms with Gasteiger partial charge in [0.05, 0.1) is 16.8 Å². The quantitative estimate of drug-likeness (QED) is 0.216. The number of ether oxygens (including phenoxy) is 1. The van der Waals surface area contributed by atoms with E-state index in [0.29, 0.717) is 34.5 Å². The Bertz CT molecular complexity index is 1820. The summed E-state index contributed by atoms with van der Waals surface area (Å²) in [5, 5.41) is 14.0. The van der Waals surface area contributed by atoms with Crippen LogP contribution >= 0.6 is 0 Å². The van der Waals surface area contributed by atoms with Gasteiger partial charge in [-0.3, -0.25) is 0 Å². The molecule has 2 aromatic heterocycles. The van der Waals surface area contributed by atoms with E-state index in [0.717, 1.165) is 25.3 Å². The Kier molecular flexibility index (Phi) is 6.58. The van der Waals surface area contributed by atoms with Gasteiger partial charge < -0.3 is 15.0 Å². The highest BCUT2D eigenvalue weighted by molar-refractivity contribution is 5.98. The monoisotopic (exact) mass is 564 g/mol. The van der Waals surface area contributed by atoms with E-state index >= 15 is 4.39 Å². The van der Waals surface area contributed by atoms with Crippen LogP contribution in [0.3, 0.4) is 0 Å². The van der Waals surface area contributed by atoms with E-state index in [-0.39, 0.29) is 39.6 Å². The maximum atomic E-state index is 16.5. The third-order valence-corrected chi connectivity index (χ3v) is 8.70. The van der Waals surface area contributed by atoms with Gasteiger partial charge in [-0.05, 0) is 67.0 Å². The molecule has 0 radical (unpaired) electrons. The fourth-order valence-electron chi connectivity index (χ4n) is 6.63. The number of rotatable bonds is 6. The van der Waals surface area contributed by atoms with Gasteiger partial charge >= 0.3 is 0 Å². The van der Waals surface area contributed by atoms with Crippen molar-refractivity contribution in [3.05, 3.63) is 95.9 Å². The number of pyridine rings is 1. The zero-order chi connectivity index (χ0) is 28.8. The minimum atomic E-state index is -0.761. The Morgan fingerprint density at radius 2 is 1.67 bits per heavy atom. The third kappa shape index (κ3) is 4.65. The number of nitriles is 1. The summed E-state index contributed by atoms with van der Waals surface area (Å²) in [5.74, 6) is 0.117. The van der Waals surface area contributed by atoms with Crippen molar-refractivity contribution in [2.24, 2.45) is 11.8 Å². The molecule has 3 aromatic carbocycles. The third-order valence-electron chi connectivity index (χ3n) is 8.70. The number of para-hydroxylation sites is 1. The van der Waals surface area contributed by atoms with Crippen LogP contribution < -0.4 is 10.1 Å². The highest BCUT2D eigenvalue weighted by Crippen LogP contribution is 2.44. The summed E-state index contributed by atoms with van der Waals surface area (Å²) in [5.41, 5.74) is 1.06. The molecular weight excluding hydrogens is 537 g/mol. The summed E-state index contributed by atoms with van der Waals surface area (Å²) in [6, 6.07) is 20.3. The van der Waals surface area contributed by atoms with Gasteiger partial charge in [0.1, 0.15) is 29.2 Å². The number of nitrogens with zero attached hydrogens (tertiary/aromatic N) is 2. The second-order valence-corrected chi connectivity index (χ2v) is 11.2. The first kappa shape index (κ1) is 26.1. The van der Waals surface area contributed by atoms with Crippen molar-refractivity contribution >= 4 is 16.7 Å². The number of H-pyrrole nitrogens is 1. The van der Waals surface area contributed by atoms with Gasteiger partial charge in [-0.1, -0.05) is 43.2 Å². The van der Waals surface area contributed by atoms with Crippen LogP contribution in [0.1, 0.15) is 37.7 Å². The zero-order valence-electron chi connectivity index (χ0n) is 22.6. The van der Waals surface area contributed by atoms with Crippen LogP contribution in [0.15, 0.2) is 72.9 Å². The van der Waals surface area contributed by atoms with Crippen LogP contribution in [0, 0.1) is 40.6 Å². The predicted octanol–water partition coefficient (Wildman–Crippen LogP) is 8.97. The number of aromatic amines is 1. The number of hydrogen-bond donors (Lipinski definition) is 2. The van der Waals surface area contributed by atoms with Crippen LogP contribution in [0.5, 0.6) is 11.5 Å². The molecule has 3 aliphatic rings. The van der Waals surface area contributed by atoms with Crippen molar-refractivity contribution in [1.29, 1.82) is 5.26 Å². The Morgan fingerprint density at radius 3 is 2.36 bits per heavy atom. The second-order valence-electron chi connectivity index (χ2n) is 11.2. The van der Waals surface area contributed by atoms with Gasteiger partial charge in [0, 0.05) is 34.8 Å². The van der Waals surface area contributed by atoms with E-state index in [2.05, 4.69) is 21.4 Å². The highest BCUT2D eigenvalue weighted by atomic mass is 19.1. The molecule has 5 nitrogen and oxygen atoms in total. The van der Waals surface area contributed by atoms with Crippen molar-refractivity contribution in [1.82, 2.24) is 9.97 Å². The van der Waals surface area contributed by atoms with Crippen molar-refractivity contribution in [2.75, 3.05) is 5.32 Å². The molecule has 8 rings (SSSR count). The van der Waals surface area contributed by atoms with Crippen molar-refractivity contribution in [3.63, 3.8) is 0 Å². The predicted molar refractivity (Wildman–Crippen MR) is 156 cm³/mol. The molecule has 2 heterocycles.